The zero-order valence-electron chi connectivity index (χ0n) is 17.7. The monoisotopic (exact) mass is 450 g/mol. The predicted molar refractivity (Wildman–Crippen MR) is 113 cm³/mol. The lowest BCUT2D eigenvalue weighted by Crippen LogP contribution is -2.32. The van der Waals surface area contributed by atoms with Crippen LogP contribution in [0.25, 0.3) is 0 Å². The lowest BCUT2D eigenvalue weighted by molar-refractivity contribution is -0.384. The van der Waals surface area contributed by atoms with Crippen LogP contribution >= 0.6 is 11.6 Å². The second kappa shape index (κ2) is 10.1. The number of allylic oxidation sites excluding steroid dienone is 3. The van der Waals surface area contributed by atoms with Crippen LogP contribution in [0.4, 0.5) is 5.69 Å². The van der Waals surface area contributed by atoms with Gasteiger partial charge in [0.2, 0.25) is 0 Å². The van der Waals surface area contributed by atoms with E-state index in [9.17, 15) is 19.7 Å². The third-order valence-electron chi connectivity index (χ3n) is 4.67. The Morgan fingerprint density at radius 2 is 1.71 bits per heavy atom. The summed E-state index contributed by atoms with van der Waals surface area (Å²) in [6.07, 6.45) is 3.25. The van der Waals surface area contributed by atoms with E-state index < -0.39 is 28.3 Å². The SMILES string of the molecule is C/C=C/C(Cl)Oc1ccc([N+](=O)[O-])cc1C1C(C(=O)OC)=C(C)NC(C)=C1C(=O)OC. The Morgan fingerprint density at radius 3 is 2.16 bits per heavy atom. The molecular formula is C21H23ClN2O7. The molecular weight excluding hydrogens is 428 g/mol. The molecule has 0 radical (unpaired) electrons. The lowest BCUT2D eigenvalue weighted by Gasteiger charge is -2.31. The Labute approximate surface area is 184 Å². The summed E-state index contributed by atoms with van der Waals surface area (Å²) in [6.45, 7) is 5.03. The van der Waals surface area contributed by atoms with Crippen molar-refractivity contribution in [3.8, 4) is 5.75 Å². The number of nitro benzene ring substituents is 1. The van der Waals surface area contributed by atoms with Gasteiger partial charge in [-0.3, -0.25) is 10.1 Å². The van der Waals surface area contributed by atoms with Gasteiger partial charge >= 0.3 is 11.9 Å². The summed E-state index contributed by atoms with van der Waals surface area (Å²) in [6, 6.07) is 3.88. The summed E-state index contributed by atoms with van der Waals surface area (Å²) in [5.41, 5.74) is 0.107. The average Bonchev–Trinajstić information content (AvgIpc) is 2.72. The molecule has 10 heteroatoms. The summed E-state index contributed by atoms with van der Waals surface area (Å²) in [4.78, 5) is 36.2. The molecule has 1 aliphatic heterocycles. The molecule has 1 N–H and O–H groups in total. The molecule has 0 bridgehead atoms. The van der Waals surface area contributed by atoms with Crippen LogP contribution in [0, 0.1) is 10.1 Å². The highest BCUT2D eigenvalue weighted by Gasteiger charge is 2.40. The number of esters is 2. The van der Waals surface area contributed by atoms with Gasteiger partial charge < -0.3 is 19.5 Å². The van der Waals surface area contributed by atoms with Crippen LogP contribution in [0.5, 0.6) is 5.75 Å². The number of hydrogen-bond donors (Lipinski definition) is 1. The molecule has 2 rings (SSSR count). The minimum absolute atomic E-state index is 0.0935. The first-order valence-electron chi connectivity index (χ1n) is 9.23. The van der Waals surface area contributed by atoms with Crippen LogP contribution in [-0.2, 0) is 19.1 Å². The molecule has 0 aliphatic carbocycles. The molecule has 9 nitrogen and oxygen atoms in total. The molecule has 166 valence electrons. The van der Waals surface area contributed by atoms with E-state index in [1.165, 1.54) is 32.4 Å². The number of carbonyl (C=O) groups excluding carboxylic acids is 2. The first kappa shape index (κ1) is 23.9. The summed E-state index contributed by atoms with van der Waals surface area (Å²) >= 11 is 6.18. The highest BCUT2D eigenvalue weighted by Crippen LogP contribution is 2.44. The Morgan fingerprint density at radius 1 is 1.16 bits per heavy atom. The third kappa shape index (κ3) is 5.05. The van der Waals surface area contributed by atoms with Gasteiger partial charge in [-0.1, -0.05) is 17.7 Å². The van der Waals surface area contributed by atoms with Crippen molar-refractivity contribution < 1.29 is 28.7 Å². The van der Waals surface area contributed by atoms with Crippen molar-refractivity contribution in [2.45, 2.75) is 32.3 Å². The Bertz CT molecular complexity index is 959. The fourth-order valence-corrected chi connectivity index (χ4v) is 3.60. The van der Waals surface area contributed by atoms with Gasteiger partial charge in [0.1, 0.15) is 5.75 Å². The quantitative estimate of drug-likeness (QED) is 0.220. The molecule has 1 heterocycles. The van der Waals surface area contributed by atoms with Gasteiger partial charge in [0, 0.05) is 29.1 Å². The highest BCUT2D eigenvalue weighted by atomic mass is 35.5. The van der Waals surface area contributed by atoms with Gasteiger partial charge in [0.15, 0.2) is 5.56 Å². The van der Waals surface area contributed by atoms with Crippen LogP contribution in [0.1, 0.15) is 32.3 Å². The van der Waals surface area contributed by atoms with Crippen LogP contribution in [-0.4, -0.2) is 36.6 Å². The molecule has 1 unspecified atom stereocenters. The first-order chi connectivity index (χ1) is 14.7. The van der Waals surface area contributed by atoms with Gasteiger partial charge in [-0.2, -0.15) is 0 Å². The fraction of sp³-hybridized carbons (Fsp3) is 0.333. The number of non-ortho nitro benzene ring substituents is 1. The van der Waals surface area contributed by atoms with Crippen molar-refractivity contribution in [1.29, 1.82) is 0 Å². The van der Waals surface area contributed by atoms with E-state index in [1.807, 2.05) is 0 Å². The molecule has 0 amide bonds. The van der Waals surface area contributed by atoms with Crippen molar-refractivity contribution in [2.75, 3.05) is 14.2 Å². The van der Waals surface area contributed by atoms with Crippen molar-refractivity contribution in [2.24, 2.45) is 0 Å². The van der Waals surface area contributed by atoms with Crippen LogP contribution < -0.4 is 10.1 Å². The largest absolute Gasteiger partial charge is 0.471 e. The fourth-order valence-electron chi connectivity index (χ4n) is 3.36. The van der Waals surface area contributed by atoms with Crippen LogP contribution in [0.3, 0.4) is 0 Å². The van der Waals surface area contributed by atoms with E-state index in [1.54, 1.807) is 32.9 Å². The normalized spacial score (nSPS) is 15.5. The first-order valence-corrected chi connectivity index (χ1v) is 9.66. The molecule has 1 atom stereocenters. The van der Waals surface area contributed by atoms with Crippen LogP contribution in [0.15, 0.2) is 52.9 Å². The van der Waals surface area contributed by atoms with Crippen molar-refractivity contribution in [3.05, 3.63) is 68.6 Å². The number of ether oxygens (including phenoxy) is 3. The number of rotatable bonds is 7. The second-order valence-corrected chi connectivity index (χ2v) is 7.02. The van der Waals surface area contributed by atoms with Gasteiger partial charge in [-0.25, -0.2) is 9.59 Å². The number of nitrogens with zero attached hydrogens (tertiary/aromatic N) is 1. The van der Waals surface area contributed by atoms with Crippen molar-refractivity contribution in [3.63, 3.8) is 0 Å². The number of carbonyl (C=O) groups is 2. The molecule has 1 aromatic carbocycles. The molecule has 0 saturated heterocycles. The maximum absolute atomic E-state index is 12.7. The number of nitrogens with one attached hydrogen (secondary N) is 1. The Kier molecular flexibility index (Phi) is 7.82. The maximum Gasteiger partial charge on any atom is 0.336 e. The number of alkyl halides is 1. The van der Waals surface area contributed by atoms with Crippen molar-refractivity contribution >= 4 is 29.2 Å². The number of methoxy groups -OCH3 is 2. The molecule has 0 fully saturated rings. The summed E-state index contributed by atoms with van der Waals surface area (Å²) < 4.78 is 15.6. The molecule has 1 aromatic rings. The third-order valence-corrected chi connectivity index (χ3v) is 4.90. The van der Waals surface area contributed by atoms with E-state index in [2.05, 4.69) is 5.32 Å². The number of benzene rings is 1. The standard InChI is InChI=1S/C21H23ClN2O7/c1-6-7-16(22)31-15-9-8-13(24(27)28)10-14(15)19-17(20(25)29-4)11(2)23-12(3)18(19)21(26)30-5/h6-10,16,19,23H,1-5H3/b7-6+. The van der Waals surface area contributed by atoms with E-state index in [0.717, 1.165) is 0 Å². The molecule has 0 spiro atoms. The minimum Gasteiger partial charge on any atom is -0.471 e. The Balaban J connectivity index is 2.85. The number of nitro groups is 1. The van der Waals surface area contributed by atoms with Gasteiger partial charge in [-0.05, 0) is 32.9 Å². The molecule has 31 heavy (non-hydrogen) atoms. The minimum atomic E-state index is -1.05. The van der Waals surface area contributed by atoms with E-state index in [0.29, 0.717) is 11.4 Å². The maximum atomic E-state index is 12.7. The van der Waals surface area contributed by atoms with Gasteiger partial charge in [0.05, 0.1) is 36.2 Å². The summed E-state index contributed by atoms with van der Waals surface area (Å²) in [5.74, 6) is -2.31. The van der Waals surface area contributed by atoms with Crippen LogP contribution in [0.2, 0.25) is 0 Å². The molecule has 0 aromatic heterocycles. The number of hydrogen-bond acceptors (Lipinski definition) is 8. The predicted octanol–water partition coefficient (Wildman–Crippen LogP) is 3.70. The van der Waals surface area contributed by atoms with Crippen molar-refractivity contribution in [1.82, 2.24) is 5.32 Å². The smallest absolute Gasteiger partial charge is 0.336 e. The number of dihydropyridines is 1. The second-order valence-electron chi connectivity index (χ2n) is 6.59. The average molecular weight is 451 g/mol. The van der Waals surface area contributed by atoms with E-state index in [4.69, 9.17) is 25.8 Å². The number of halogens is 1. The highest BCUT2D eigenvalue weighted by molar-refractivity contribution is 6.21. The zero-order chi connectivity index (χ0) is 23.3. The van der Waals surface area contributed by atoms with Gasteiger partial charge in [-0.15, -0.1) is 0 Å². The van der Waals surface area contributed by atoms with E-state index >= 15 is 0 Å². The lowest BCUT2D eigenvalue weighted by atomic mass is 9.80. The van der Waals surface area contributed by atoms with E-state index in [-0.39, 0.29) is 28.1 Å². The zero-order valence-corrected chi connectivity index (χ0v) is 18.5. The molecule has 0 saturated carbocycles. The topological polar surface area (TPSA) is 117 Å². The summed E-state index contributed by atoms with van der Waals surface area (Å²) in [5, 5.41) is 14.4. The van der Waals surface area contributed by atoms with Gasteiger partial charge in [0.25, 0.3) is 5.69 Å². The molecule has 1 aliphatic rings. The Hall–Kier alpha value is -3.33. The summed E-state index contributed by atoms with van der Waals surface area (Å²) in [7, 11) is 2.41.